The minimum absolute atomic E-state index is 0.00569. The molecule has 0 aliphatic carbocycles. The van der Waals surface area contributed by atoms with Gasteiger partial charge in [0.2, 0.25) is 5.96 Å². The Kier molecular flexibility index (Phi) is 6.43. The van der Waals surface area contributed by atoms with Crippen LogP contribution < -0.4 is 17.2 Å². The van der Waals surface area contributed by atoms with Gasteiger partial charge in [0.15, 0.2) is 5.96 Å². The van der Waals surface area contributed by atoms with Crippen LogP contribution in [0.1, 0.15) is 26.2 Å². The van der Waals surface area contributed by atoms with Gasteiger partial charge in [0.05, 0.1) is 12.7 Å². The summed E-state index contributed by atoms with van der Waals surface area (Å²) in [5.74, 6) is -0.0673. The lowest BCUT2D eigenvalue weighted by atomic mass is 10.1. The molecule has 82 valence electrons. The Labute approximate surface area is 83.3 Å². The van der Waals surface area contributed by atoms with Crippen LogP contribution in [0.15, 0.2) is 9.98 Å². The molecule has 0 radical (unpaired) electrons. The molecule has 0 aromatic carbocycles. The molecule has 6 heteroatoms. The van der Waals surface area contributed by atoms with Gasteiger partial charge in [-0.1, -0.05) is 6.92 Å². The number of alkyl halides is 1. The lowest BCUT2D eigenvalue weighted by molar-refractivity contribution is 0.438. The van der Waals surface area contributed by atoms with Crippen LogP contribution in [0, 0.1) is 0 Å². The van der Waals surface area contributed by atoms with Crippen LogP contribution in [0.25, 0.3) is 0 Å². The van der Waals surface area contributed by atoms with Gasteiger partial charge in [-0.05, 0) is 19.3 Å². The summed E-state index contributed by atoms with van der Waals surface area (Å²) in [5.41, 5.74) is 15.7. The molecule has 0 aliphatic rings. The predicted octanol–water partition coefficient (Wildman–Crippen LogP) is 0.103. The van der Waals surface area contributed by atoms with E-state index in [1.54, 1.807) is 0 Å². The SMILES string of the molecule is CCC(CCCF)N=C(N)N=C(N)N. The van der Waals surface area contributed by atoms with E-state index in [1.165, 1.54) is 0 Å². The van der Waals surface area contributed by atoms with Crippen molar-refractivity contribution in [3.05, 3.63) is 0 Å². The van der Waals surface area contributed by atoms with Crippen LogP contribution >= 0.6 is 0 Å². The number of halogens is 1. The highest BCUT2D eigenvalue weighted by Gasteiger charge is 2.04. The molecular formula is C8H18FN5. The third-order valence-corrected chi connectivity index (χ3v) is 1.70. The zero-order valence-electron chi connectivity index (χ0n) is 8.41. The third kappa shape index (κ3) is 6.22. The Morgan fingerprint density at radius 3 is 2.43 bits per heavy atom. The fraction of sp³-hybridized carbons (Fsp3) is 0.750. The molecule has 0 saturated heterocycles. The van der Waals surface area contributed by atoms with Crippen molar-refractivity contribution in [3.63, 3.8) is 0 Å². The molecule has 14 heavy (non-hydrogen) atoms. The number of rotatable bonds is 5. The van der Waals surface area contributed by atoms with E-state index >= 15 is 0 Å². The van der Waals surface area contributed by atoms with E-state index in [-0.39, 0.29) is 24.6 Å². The summed E-state index contributed by atoms with van der Waals surface area (Å²) in [7, 11) is 0. The lowest BCUT2D eigenvalue weighted by Gasteiger charge is -2.08. The van der Waals surface area contributed by atoms with Crippen molar-refractivity contribution < 1.29 is 4.39 Å². The van der Waals surface area contributed by atoms with Gasteiger partial charge < -0.3 is 17.2 Å². The molecule has 0 fully saturated rings. The smallest absolute Gasteiger partial charge is 0.218 e. The quantitative estimate of drug-likeness (QED) is 0.436. The molecule has 5 nitrogen and oxygen atoms in total. The number of hydrogen-bond acceptors (Lipinski definition) is 1. The number of aliphatic imine (C=N–C) groups is 2. The summed E-state index contributed by atoms with van der Waals surface area (Å²) in [6, 6.07) is -0.00569. The van der Waals surface area contributed by atoms with Crippen LogP contribution in [-0.4, -0.2) is 24.6 Å². The first-order valence-electron chi connectivity index (χ1n) is 4.59. The highest BCUT2D eigenvalue weighted by atomic mass is 19.1. The topological polar surface area (TPSA) is 103 Å². The normalized spacial score (nSPS) is 13.7. The molecular weight excluding hydrogens is 185 g/mol. The first kappa shape index (κ1) is 12.7. The van der Waals surface area contributed by atoms with Gasteiger partial charge in [-0.25, -0.2) is 4.99 Å². The van der Waals surface area contributed by atoms with Crippen molar-refractivity contribution in [1.82, 2.24) is 0 Å². The molecule has 0 aromatic rings. The molecule has 1 unspecified atom stereocenters. The van der Waals surface area contributed by atoms with Crippen LogP contribution in [0.4, 0.5) is 4.39 Å². The second-order valence-electron chi connectivity index (χ2n) is 2.92. The van der Waals surface area contributed by atoms with E-state index in [0.29, 0.717) is 12.8 Å². The Hall–Kier alpha value is -1.33. The van der Waals surface area contributed by atoms with Crippen LogP contribution in [0.2, 0.25) is 0 Å². The van der Waals surface area contributed by atoms with Crippen molar-refractivity contribution in [1.29, 1.82) is 0 Å². The number of nitrogens with zero attached hydrogens (tertiary/aromatic N) is 2. The molecule has 0 aromatic heterocycles. The number of guanidine groups is 2. The fourth-order valence-corrected chi connectivity index (χ4v) is 1.02. The van der Waals surface area contributed by atoms with E-state index in [1.807, 2.05) is 6.92 Å². The summed E-state index contributed by atoms with van der Waals surface area (Å²) < 4.78 is 11.9. The Morgan fingerprint density at radius 1 is 1.36 bits per heavy atom. The van der Waals surface area contributed by atoms with E-state index in [4.69, 9.17) is 17.2 Å². The van der Waals surface area contributed by atoms with Gasteiger partial charge in [-0.2, -0.15) is 4.99 Å². The predicted molar refractivity (Wildman–Crippen MR) is 56.7 cm³/mol. The second kappa shape index (κ2) is 7.11. The Morgan fingerprint density at radius 2 is 2.00 bits per heavy atom. The van der Waals surface area contributed by atoms with Crippen molar-refractivity contribution in [2.24, 2.45) is 27.2 Å². The van der Waals surface area contributed by atoms with Crippen LogP contribution in [0.3, 0.4) is 0 Å². The zero-order chi connectivity index (χ0) is 11.0. The van der Waals surface area contributed by atoms with E-state index in [2.05, 4.69) is 9.98 Å². The summed E-state index contributed by atoms with van der Waals surface area (Å²) >= 11 is 0. The average Bonchev–Trinajstić information content (AvgIpc) is 2.10. The Bertz CT molecular complexity index is 210. The largest absolute Gasteiger partial charge is 0.370 e. The van der Waals surface area contributed by atoms with Gasteiger partial charge in [-0.3, -0.25) is 4.39 Å². The molecule has 0 spiro atoms. The highest BCUT2D eigenvalue weighted by molar-refractivity contribution is 5.92. The molecule has 1 atom stereocenters. The molecule has 0 rings (SSSR count). The van der Waals surface area contributed by atoms with Gasteiger partial charge >= 0.3 is 0 Å². The molecule has 6 N–H and O–H groups in total. The summed E-state index contributed by atoms with van der Waals surface area (Å²) in [6.07, 6.45) is 1.94. The fourth-order valence-electron chi connectivity index (χ4n) is 1.02. The second-order valence-corrected chi connectivity index (χ2v) is 2.92. The maximum absolute atomic E-state index is 11.9. The third-order valence-electron chi connectivity index (χ3n) is 1.70. The monoisotopic (exact) mass is 203 g/mol. The molecule has 0 heterocycles. The molecule has 0 bridgehead atoms. The van der Waals surface area contributed by atoms with E-state index in [0.717, 1.165) is 6.42 Å². The standard InChI is InChI=1S/C8H18FN5/c1-2-6(4-3-5-9)13-8(12)14-7(10)11/h6H,2-5H2,1H3,(H6,10,11,12,13,14). The lowest BCUT2D eigenvalue weighted by Crippen LogP contribution is -2.27. The highest BCUT2D eigenvalue weighted by Crippen LogP contribution is 2.06. The van der Waals surface area contributed by atoms with Crippen molar-refractivity contribution >= 4 is 11.9 Å². The van der Waals surface area contributed by atoms with Crippen molar-refractivity contribution in [3.8, 4) is 0 Å². The molecule has 0 aliphatic heterocycles. The molecule has 0 saturated carbocycles. The van der Waals surface area contributed by atoms with Gasteiger partial charge in [0.1, 0.15) is 0 Å². The maximum Gasteiger partial charge on any atom is 0.218 e. The van der Waals surface area contributed by atoms with Crippen LogP contribution in [0.5, 0.6) is 0 Å². The minimum Gasteiger partial charge on any atom is -0.370 e. The Balaban J connectivity index is 4.19. The van der Waals surface area contributed by atoms with Crippen LogP contribution in [-0.2, 0) is 0 Å². The van der Waals surface area contributed by atoms with Gasteiger partial charge in [0.25, 0.3) is 0 Å². The average molecular weight is 203 g/mol. The first-order chi connectivity index (χ1) is 6.60. The minimum atomic E-state index is -0.339. The summed E-state index contributed by atoms with van der Waals surface area (Å²) in [6.45, 7) is 1.61. The molecule has 0 amide bonds. The van der Waals surface area contributed by atoms with Gasteiger partial charge in [-0.15, -0.1) is 0 Å². The number of hydrogen-bond donors (Lipinski definition) is 3. The van der Waals surface area contributed by atoms with E-state index < -0.39 is 0 Å². The number of nitrogens with two attached hydrogens (primary N) is 3. The van der Waals surface area contributed by atoms with Crippen molar-refractivity contribution in [2.45, 2.75) is 32.2 Å². The first-order valence-corrected chi connectivity index (χ1v) is 4.59. The summed E-state index contributed by atoms with van der Waals surface area (Å²) in [4.78, 5) is 7.63. The maximum atomic E-state index is 11.9. The van der Waals surface area contributed by atoms with Crippen molar-refractivity contribution in [2.75, 3.05) is 6.67 Å². The zero-order valence-corrected chi connectivity index (χ0v) is 8.41. The van der Waals surface area contributed by atoms with Gasteiger partial charge in [0, 0.05) is 0 Å². The van der Waals surface area contributed by atoms with E-state index in [9.17, 15) is 4.39 Å². The summed E-state index contributed by atoms with van der Waals surface area (Å²) in [5, 5.41) is 0.